The molecule has 3 heterocycles. The topological polar surface area (TPSA) is 83.0 Å². The quantitative estimate of drug-likeness (QED) is 0.599. The van der Waals surface area contributed by atoms with Crippen molar-refractivity contribution in [3.05, 3.63) is 59.7 Å². The normalized spacial score (nSPS) is 16.9. The number of para-hydroxylation sites is 1. The molecule has 30 heavy (non-hydrogen) atoms. The number of rotatable bonds is 7. The maximum absolute atomic E-state index is 13.7. The fraction of sp³-hybridized carbons (Fsp3) is 0.333. The standard InChI is InChI=1S/C21H23FN6OS/c22-17-5-1-2-6-18(17)26-20(29)13-28-8-3-4-15(12-28)10-16-11-19(25-14-24-16)27-21-23-7-9-30-21/h1-2,5-7,9,11,14-15H,3-4,8,10,12-13H2,(H,26,29)(H,23,24,25,27). The minimum absolute atomic E-state index is 0.197. The Morgan fingerprint density at radius 3 is 3.00 bits per heavy atom. The monoisotopic (exact) mass is 426 g/mol. The molecule has 0 saturated carbocycles. The van der Waals surface area contributed by atoms with Crippen molar-refractivity contribution in [2.45, 2.75) is 19.3 Å². The van der Waals surface area contributed by atoms with Gasteiger partial charge in [0.25, 0.3) is 0 Å². The highest BCUT2D eigenvalue weighted by molar-refractivity contribution is 7.13. The molecule has 1 aromatic carbocycles. The van der Waals surface area contributed by atoms with Crippen molar-refractivity contribution in [3.63, 3.8) is 0 Å². The van der Waals surface area contributed by atoms with E-state index in [1.807, 2.05) is 11.4 Å². The lowest BCUT2D eigenvalue weighted by molar-refractivity contribution is -0.117. The van der Waals surface area contributed by atoms with Gasteiger partial charge in [-0.25, -0.2) is 19.3 Å². The van der Waals surface area contributed by atoms with Crippen LogP contribution in [0.5, 0.6) is 0 Å². The molecule has 1 aliphatic rings. The first-order valence-electron chi connectivity index (χ1n) is 9.90. The first kappa shape index (κ1) is 20.4. The number of anilines is 3. The Kier molecular flexibility index (Phi) is 6.60. The number of aromatic nitrogens is 3. The van der Waals surface area contributed by atoms with Crippen LogP contribution in [0.25, 0.3) is 0 Å². The van der Waals surface area contributed by atoms with Gasteiger partial charge < -0.3 is 10.6 Å². The van der Waals surface area contributed by atoms with Gasteiger partial charge in [-0.3, -0.25) is 9.69 Å². The second-order valence-electron chi connectivity index (χ2n) is 7.33. The zero-order valence-electron chi connectivity index (χ0n) is 16.4. The van der Waals surface area contributed by atoms with Crippen LogP contribution in [0.15, 0.2) is 48.2 Å². The summed E-state index contributed by atoms with van der Waals surface area (Å²) in [5, 5.41) is 8.55. The molecule has 1 saturated heterocycles. The van der Waals surface area contributed by atoms with Crippen LogP contribution in [0, 0.1) is 11.7 Å². The molecule has 3 aromatic rings. The lowest BCUT2D eigenvalue weighted by atomic mass is 9.93. The van der Waals surface area contributed by atoms with Crippen molar-refractivity contribution in [1.29, 1.82) is 0 Å². The van der Waals surface area contributed by atoms with E-state index in [0.717, 1.165) is 49.0 Å². The van der Waals surface area contributed by atoms with Crippen LogP contribution >= 0.6 is 11.3 Å². The molecule has 1 amide bonds. The second-order valence-corrected chi connectivity index (χ2v) is 8.23. The Morgan fingerprint density at radius 1 is 1.27 bits per heavy atom. The molecule has 0 radical (unpaired) electrons. The molecule has 9 heteroatoms. The number of halogens is 1. The third-order valence-electron chi connectivity index (χ3n) is 5.01. The van der Waals surface area contributed by atoms with Crippen LogP contribution < -0.4 is 10.6 Å². The first-order valence-corrected chi connectivity index (χ1v) is 10.8. The van der Waals surface area contributed by atoms with E-state index in [0.29, 0.717) is 5.92 Å². The molecule has 1 fully saturated rings. The number of likely N-dealkylation sites (tertiary alicyclic amines) is 1. The molecule has 0 aliphatic carbocycles. The summed E-state index contributed by atoms with van der Waals surface area (Å²) in [5.74, 6) is 0.514. The first-order chi connectivity index (χ1) is 14.7. The van der Waals surface area contributed by atoms with Gasteiger partial charge in [0.05, 0.1) is 12.2 Å². The number of hydrogen-bond donors (Lipinski definition) is 2. The van der Waals surface area contributed by atoms with Crippen LogP contribution in [-0.4, -0.2) is 45.4 Å². The minimum atomic E-state index is -0.423. The third kappa shape index (κ3) is 5.58. The number of carbonyl (C=O) groups is 1. The van der Waals surface area contributed by atoms with Gasteiger partial charge >= 0.3 is 0 Å². The summed E-state index contributed by atoms with van der Waals surface area (Å²) in [6, 6.07) is 8.16. The molecule has 156 valence electrons. The second kappa shape index (κ2) is 9.73. The van der Waals surface area contributed by atoms with E-state index in [-0.39, 0.29) is 18.1 Å². The summed E-state index contributed by atoms with van der Waals surface area (Å²) in [6.07, 6.45) is 6.24. The van der Waals surface area contributed by atoms with Gasteiger partial charge in [0.15, 0.2) is 5.13 Å². The van der Waals surface area contributed by atoms with Gasteiger partial charge in [0.1, 0.15) is 18.0 Å². The molecule has 1 unspecified atom stereocenters. The minimum Gasteiger partial charge on any atom is -0.322 e. The van der Waals surface area contributed by atoms with Gasteiger partial charge in [-0.05, 0) is 43.9 Å². The van der Waals surface area contributed by atoms with Crippen LogP contribution in [0.4, 0.5) is 21.0 Å². The summed E-state index contributed by atoms with van der Waals surface area (Å²) in [5.41, 5.74) is 1.18. The average Bonchev–Trinajstić information content (AvgIpc) is 3.23. The number of piperidine rings is 1. The number of carbonyl (C=O) groups excluding carboxylic acids is 1. The molecule has 1 aliphatic heterocycles. The number of nitrogens with zero attached hydrogens (tertiary/aromatic N) is 4. The Bertz CT molecular complexity index is 983. The predicted octanol–water partition coefficient (Wildman–Crippen LogP) is 3.71. The largest absolute Gasteiger partial charge is 0.322 e. The lowest BCUT2D eigenvalue weighted by Gasteiger charge is -2.32. The predicted molar refractivity (Wildman–Crippen MR) is 115 cm³/mol. The van der Waals surface area contributed by atoms with Gasteiger partial charge in [0, 0.05) is 29.9 Å². The van der Waals surface area contributed by atoms with Gasteiger partial charge in [-0.15, -0.1) is 11.3 Å². The number of benzene rings is 1. The van der Waals surface area contributed by atoms with E-state index in [4.69, 9.17) is 0 Å². The zero-order valence-corrected chi connectivity index (χ0v) is 17.2. The van der Waals surface area contributed by atoms with Crippen molar-refractivity contribution in [2.75, 3.05) is 30.3 Å². The lowest BCUT2D eigenvalue weighted by Crippen LogP contribution is -2.41. The highest BCUT2D eigenvalue weighted by Crippen LogP contribution is 2.22. The van der Waals surface area contributed by atoms with Crippen molar-refractivity contribution < 1.29 is 9.18 Å². The van der Waals surface area contributed by atoms with Crippen LogP contribution in [0.3, 0.4) is 0 Å². The number of nitrogens with one attached hydrogen (secondary N) is 2. The number of hydrogen-bond acceptors (Lipinski definition) is 7. The van der Waals surface area contributed by atoms with Crippen molar-refractivity contribution >= 4 is 33.9 Å². The van der Waals surface area contributed by atoms with E-state index in [1.54, 1.807) is 30.7 Å². The summed E-state index contributed by atoms with van der Waals surface area (Å²) < 4.78 is 13.7. The molecule has 7 nitrogen and oxygen atoms in total. The summed E-state index contributed by atoms with van der Waals surface area (Å²) >= 11 is 1.52. The Labute approximate surface area is 178 Å². The smallest absolute Gasteiger partial charge is 0.238 e. The molecule has 0 spiro atoms. The summed E-state index contributed by atoms with van der Waals surface area (Å²) in [7, 11) is 0. The van der Waals surface area contributed by atoms with E-state index in [2.05, 4.69) is 30.5 Å². The molecule has 4 rings (SSSR count). The van der Waals surface area contributed by atoms with Crippen molar-refractivity contribution in [1.82, 2.24) is 19.9 Å². The SMILES string of the molecule is O=C(CN1CCCC(Cc2cc(Nc3nccs3)ncn2)C1)Nc1ccccc1F. The summed E-state index contributed by atoms with van der Waals surface area (Å²) in [6.45, 7) is 1.93. The zero-order chi connectivity index (χ0) is 20.8. The molecule has 1 atom stereocenters. The fourth-order valence-corrected chi connectivity index (χ4v) is 4.22. The van der Waals surface area contributed by atoms with E-state index < -0.39 is 5.82 Å². The van der Waals surface area contributed by atoms with Crippen LogP contribution in [0.1, 0.15) is 18.5 Å². The molecular weight excluding hydrogens is 403 g/mol. The Balaban J connectivity index is 1.31. The molecule has 0 bridgehead atoms. The number of amides is 1. The summed E-state index contributed by atoms with van der Waals surface area (Å²) in [4.78, 5) is 27.3. The Hall–Kier alpha value is -2.91. The van der Waals surface area contributed by atoms with Crippen molar-refractivity contribution in [2.24, 2.45) is 5.92 Å². The van der Waals surface area contributed by atoms with E-state index in [1.165, 1.54) is 17.4 Å². The van der Waals surface area contributed by atoms with Crippen molar-refractivity contribution in [3.8, 4) is 0 Å². The maximum Gasteiger partial charge on any atom is 0.238 e. The third-order valence-corrected chi connectivity index (χ3v) is 5.70. The van der Waals surface area contributed by atoms with Gasteiger partial charge in [0.2, 0.25) is 5.91 Å². The number of thiazole rings is 1. The highest BCUT2D eigenvalue weighted by atomic mass is 32.1. The van der Waals surface area contributed by atoms with Gasteiger partial charge in [-0.2, -0.15) is 0 Å². The van der Waals surface area contributed by atoms with E-state index in [9.17, 15) is 9.18 Å². The van der Waals surface area contributed by atoms with E-state index >= 15 is 0 Å². The Morgan fingerprint density at radius 2 is 2.17 bits per heavy atom. The molecule has 2 N–H and O–H groups in total. The van der Waals surface area contributed by atoms with Crippen LogP contribution in [-0.2, 0) is 11.2 Å². The molecular formula is C21H23FN6OS. The van der Waals surface area contributed by atoms with Crippen LogP contribution in [0.2, 0.25) is 0 Å². The fourth-order valence-electron chi connectivity index (χ4n) is 3.68. The average molecular weight is 427 g/mol. The highest BCUT2D eigenvalue weighted by Gasteiger charge is 2.22. The molecule has 2 aromatic heterocycles. The maximum atomic E-state index is 13.7. The van der Waals surface area contributed by atoms with Gasteiger partial charge in [-0.1, -0.05) is 12.1 Å².